The van der Waals surface area contributed by atoms with Crippen LogP contribution in [-0.2, 0) is 16.0 Å². The van der Waals surface area contributed by atoms with Gasteiger partial charge in [0.05, 0.1) is 19.7 Å². The third-order valence-electron chi connectivity index (χ3n) is 2.50. The van der Waals surface area contributed by atoms with E-state index in [0.29, 0.717) is 25.6 Å². The Morgan fingerprint density at radius 3 is 2.81 bits per heavy atom. The summed E-state index contributed by atoms with van der Waals surface area (Å²) in [6.07, 6.45) is 1.44. The monoisotopic (exact) mass is 344 g/mol. The lowest BCUT2D eigenvalue weighted by molar-refractivity contribution is -0.115. The zero-order valence-corrected chi connectivity index (χ0v) is 13.2. The number of aromatic nitrogens is 1. The van der Waals surface area contributed by atoms with E-state index >= 15 is 0 Å². The highest BCUT2D eigenvalue weighted by atomic mass is 35.5. The van der Waals surface area contributed by atoms with Gasteiger partial charge in [-0.15, -0.1) is 0 Å². The lowest BCUT2D eigenvalue weighted by atomic mass is 10.1. The van der Waals surface area contributed by atoms with Crippen LogP contribution in [0.25, 0.3) is 0 Å². The van der Waals surface area contributed by atoms with Crippen LogP contribution in [0.5, 0.6) is 0 Å². The zero-order chi connectivity index (χ0) is 15.4. The summed E-state index contributed by atoms with van der Waals surface area (Å²) >= 11 is 12.8. The van der Waals surface area contributed by atoms with Gasteiger partial charge >= 0.3 is 5.97 Å². The SMILES string of the molecule is COC(=O)c1cnc(NC(=O)Cc2ccc(Cl)cc2Cl)s1. The van der Waals surface area contributed by atoms with E-state index in [1.54, 1.807) is 18.2 Å². The quantitative estimate of drug-likeness (QED) is 0.862. The molecule has 0 aliphatic rings. The van der Waals surface area contributed by atoms with Crippen molar-refractivity contribution < 1.29 is 14.3 Å². The Morgan fingerprint density at radius 2 is 2.14 bits per heavy atom. The third-order valence-corrected chi connectivity index (χ3v) is 3.98. The molecule has 5 nitrogen and oxygen atoms in total. The number of hydrogen-bond acceptors (Lipinski definition) is 5. The molecular formula is C13H10Cl2N2O3S. The molecule has 0 atom stereocenters. The maximum Gasteiger partial charge on any atom is 0.349 e. The number of hydrogen-bond donors (Lipinski definition) is 1. The van der Waals surface area contributed by atoms with Crippen molar-refractivity contribution in [2.45, 2.75) is 6.42 Å². The Hall–Kier alpha value is -1.63. The standard InChI is InChI=1S/C13H10Cl2N2O3S/c1-20-12(19)10-6-16-13(21-10)17-11(18)4-7-2-3-8(14)5-9(7)15/h2-3,5-6H,4H2,1H3,(H,16,17,18). The van der Waals surface area contributed by atoms with Crippen LogP contribution in [0.15, 0.2) is 24.4 Å². The number of nitrogens with zero attached hydrogens (tertiary/aromatic N) is 1. The van der Waals surface area contributed by atoms with E-state index in [0.717, 1.165) is 11.3 Å². The molecule has 0 saturated heterocycles. The van der Waals surface area contributed by atoms with Crippen LogP contribution < -0.4 is 5.32 Å². The Morgan fingerprint density at radius 1 is 1.38 bits per heavy atom. The molecule has 2 rings (SSSR count). The molecular weight excluding hydrogens is 335 g/mol. The van der Waals surface area contributed by atoms with Crippen molar-refractivity contribution in [3.8, 4) is 0 Å². The van der Waals surface area contributed by atoms with Gasteiger partial charge in [0.1, 0.15) is 4.88 Å². The average Bonchev–Trinajstić information content (AvgIpc) is 2.89. The van der Waals surface area contributed by atoms with Crippen molar-refractivity contribution in [3.63, 3.8) is 0 Å². The molecule has 1 amide bonds. The second-order valence-corrected chi connectivity index (χ2v) is 5.86. The number of methoxy groups -OCH3 is 1. The summed E-state index contributed by atoms with van der Waals surface area (Å²) in [6, 6.07) is 4.92. The predicted molar refractivity (Wildman–Crippen MR) is 82.2 cm³/mol. The first-order valence-corrected chi connectivity index (χ1v) is 7.34. The number of halogens is 2. The van der Waals surface area contributed by atoms with Gasteiger partial charge < -0.3 is 10.1 Å². The fraction of sp³-hybridized carbons (Fsp3) is 0.154. The lowest BCUT2D eigenvalue weighted by Crippen LogP contribution is -2.14. The van der Waals surface area contributed by atoms with Gasteiger partial charge in [-0.25, -0.2) is 9.78 Å². The molecule has 1 N–H and O–H groups in total. The first-order chi connectivity index (χ1) is 9.99. The number of benzene rings is 1. The van der Waals surface area contributed by atoms with E-state index in [1.807, 2.05) is 0 Å². The summed E-state index contributed by atoms with van der Waals surface area (Å²) in [5.74, 6) is -0.779. The van der Waals surface area contributed by atoms with Gasteiger partial charge in [-0.2, -0.15) is 0 Å². The van der Waals surface area contributed by atoms with Crippen LogP contribution in [0.2, 0.25) is 10.0 Å². The Kier molecular flexibility index (Phi) is 5.17. The van der Waals surface area contributed by atoms with Gasteiger partial charge in [-0.1, -0.05) is 40.6 Å². The first-order valence-electron chi connectivity index (χ1n) is 5.77. The number of carbonyl (C=O) groups excluding carboxylic acids is 2. The molecule has 0 spiro atoms. The molecule has 1 aromatic heterocycles. The van der Waals surface area contributed by atoms with Gasteiger partial charge in [-0.3, -0.25) is 4.79 Å². The number of carbonyl (C=O) groups is 2. The number of thiazole rings is 1. The first kappa shape index (κ1) is 15.8. The Bertz CT molecular complexity index is 688. The molecule has 0 saturated carbocycles. The number of anilines is 1. The molecule has 2 aromatic rings. The van der Waals surface area contributed by atoms with Crippen molar-refractivity contribution in [2.75, 3.05) is 12.4 Å². The number of ether oxygens (including phenoxy) is 1. The highest BCUT2D eigenvalue weighted by Crippen LogP contribution is 2.23. The van der Waals surface area contributed by atoms with Crippen LogP contribution in [0.4, 0.5) is 5.13 Å². The molecule has 0 radical (unpaired) electrons. The predicted octanol–water partition coefficient (Wildman–Crippen LogP) is 3.42. The summed E-state index contributed by atoms with van der Waals surface area (Å²) in [5.41, 5.74) is 0.656. The minimum Gasteiger partial charge on any atom is -0.465 e. The van der Waals surface area contributed by atoms with Crippen LogP contribution in [0.3, 0.4) is 0 Å². The largest absolute Gasteiger partial charge is 0.465 e. The van der Waals surface area contributed by atoms with Crippen LogP contribution >= 0.6 is 34.5 Å². The normalized spacial score (nSPS) is 10.2. The van der Waals surface area contributed by atoms with E-state index in [-0.39, 0.29) is 12.3 Å². The van der Waals surface area contributed by atoms with Gasteiger partial charge in [0.15, 0.2) is 5.13 Å². The summed E-state index contributed by atoms with van der Waals surface area (Å²) in [4.78, 5) is 27.5. The average molecular weight is 345 g/mol. The van der Waals surface area contributed by atoms with Crippen LogP contribution in [-0.4, -0.2) is 24.0 Å². The smallest absolute Gasteiger partial charge is 0.349 e. The summed E-state index contributed by atoms with van der Waals surface area (Å²) in [7, 11) is 1.28. The molecule has 1 heterocycles. The molecule has 0 unspecified atom stereocenters. The maximum atomic E-state index is 11.9. The minimum atomic E-state index is -0.492. The van der Waals surface area contributed by atoms with E-state index in [1.165, 1.54) is 13.3 Å². The fourth-order valence-corrected chi connectivity index (χ4v) is 2.75. The van der Waals surface area contributed by atoms with Crippen molar-refractivity contribution >= 4 is 51.5 Å². The molecule has 0 fully saturated rings. The van der Waals surface area contributed by atoms with Gasteiger partial charge in [0.25, 0.3) is 0 Å². The number of esters is 1. The molecule has 0 aliphatic carbocycles. The summed E-state index contributed by atoms with van der Waals surface area (Å²) < 4.78 is 4.57. The second-order valence-electron chi connectivity index (χ2n) is 3.98. The molecule has 8 heteroatoms. The lowest BCUT2D eigenvalue weighted by Gasteiger charge is -2.04. The van der Waals surface area contributed by atoms with Crippen molar-refractivity contribution in [2.24, 2.45) is 0 Å². The van der Waals surface area contributed by atoms with E-state index in [9.17, 15) is 9.59 Å². The van der Waals surface area contributed by atoms with Crippen LogP contribution in [0, 0.1) is 0 Å². The topological polar surface area (TPSA) is 68.3 Å². The van der Waals surface area contributed by atoms with Crippen molar-refractivity contribution in [1.29, 1.82) is 0 Å². The highest BCUT2D eigenvalue weighted by Gasteiger charge is 2.13. The second kappa shape index (κ2) is 6.89. The molecule has 1 aromatic carbocycles. The zero-order valence-electron chi connectivity index (χ0n) is 10.9. The Balaban J connectivity index is 2.01. The Labute approximate surface area is 134 Å². The minimum absolute atomic E-state index is 0.0864. The number of nitrogens with one attached hydrogen (secondary N) is 1. The summed E-state index contributed by atoms with van der Waals surface area (Å²) in [6.45, 7) is 0. The van der Waals surface area contributed by atoms with Crippen LogP contribution in [0.1, 0.15) is 15.2 Å². The molecule has 21 heavy (non-hydrogen) atoms. The molecule has 0 aliphatic heterocycles. The number of amides is 1. The van der Waals surface area contributed by atoms with E-state index in [4.69, 9.17) is 23.2 Å². The number of rotatable bonds is 4. The van der Waals surface area contributed by atoms with Gasteiger partial charge in [0, 0.05) is 10.0 Å². The van der Waals surface area contributed by atoms with E-state index < -0.39 is 5.97 Å². The maximum absolute atomic E-state index is 11.9. The fourth-order valence-electron chi connectivity index (χ4n) is 1.53. The highest BCUT2D eigenvalue weighted by molar-refractivity contribution is 7.17. The van der Waals surface area contributed by atoms with Crippen molar-refractivity contribution in [3.05, 3.63) is 44.9 Å². The van der Waals surface area contributed by atoms with Gasteiger partial charge in [-0.05, 0) is 17.7 Å². The summed E-state index contributed by atoms with van der Waals surface area (Å²) in [5, 5.41) is 3.85. The van der Waals surface area contributed by atoms with Gasteiger partial charge in [0.2, 0.25) is 5.91 Å². The van der Waals surface area contributed by atoms with E-state index in [2.05, 4.69) is 15.0 Å². The molecule has 110 valence electrons. The van der Waals surface area contributed by atoms with Crippen molar-refractivity contribution in [1.82, 2.24) is 4.98 Å². The molecule has 0 bridgehead atoms. The third kappa shape index (κ3) is 4.17.